The molecular formula is C19H16N2O. The number of nitrogens with zero attached hydrogens (tertiary/aromatic N) is 1. The molecular weight excluding hydrogens is 272 g/mol. The number of para-hydroxylation sites is 3. The standard InChI is InChI=1S/C19H16N2O/c20-16-11-5-6-12-17(16)21-19(14-8-2-1-3-9-14)15-10-4-7-13-18(15)22/h1-13,22H,20H2/b21-19+. The van der Waals surface area contributed by atoms with Gasteiger partial charge in [0.15, 0.2) is 0 Å². The third-order valence-corrected chi connectivity index (χ3v) is 3.38. The van der Waals surface area contributed by atoms with Crippen LogP contribution in [0.5, 0.6) is 5.75 Å². The van der Waals surface area contributed by atoms with Gasteiger partial charge >= 0.3 is 0 Å². The Morgan fingerprint density at radius 2 is 1.41 bits per heavy atom. The number of hydrogen-bond acceptors (Lipinski definition) is 3. The van der Waals surface area contributed by atoms with Crippen molar-refractivity contribution in [1.82, 2.24) is 0 Å². The van der Waals surface area contributed by atoms with Crippen LogP contribution in [0.2, 0.25) is 0 Å². The SMILES string of the molecule is Nc1ccccc1/N=C(\c1ccccc1)c1ccccc1O. The molecule has 0 radical (unpaired) electrons. The molecule has 0 aliphatic carbocycles. The number of phenolic OH excluding ortho intramolecular Hbond substituents is 1. The summed E-state index contributed by atoms with van der Waals surface area (Å²) in [6, 6.07) is 24.4. The predicted molar refractivity (Wildman–Crippen MR) is 90.7 cm³/mol. The monoisotopic (exact) mass is 288 g/mol. The van der Waals surface area contributed by atoms with Crippen LogP contribution in [0.1, 0.15) is 11.1 Å². The maximum atomic E-state index is 10.2. The number of rotatable bonds is 3. The van der Waals surface area contributed by atoms with Crippen molar-refractivity contribution in [2.75, 3.05) is 5.73 Å². The first-order valence-electron chi connectivity index (χ1n) is 7.02. The van der Waals surface area contributed by atoms with Gasteiger partial charge in [-0.25, -0.2) is 4.99 Å². The van der Waals surface area contributed by atoms with Gasteiger partial charge < -0.3 is 10.8 Å². The van der Waals surface area contributed by atoms with E-state index in [4.69, 9.17) is 10.7 Å². The van der Waals surface area contributed by atoms with Crippen LogP contribution in [0.25, 0.3) is 0 Å². The summed E-state index contributed by atoms with van der Waals surface area (Å²) in [6.07, 6.45) is 0. The zero-order valence-electron chi connectivity index (χ0n) is 12.0. The van der Waals surface area contributed by atoms with Gasteiger partial charge in [-0.2, -0.15) is 0 Å². The number of phenols is 1. The Balaban J connectivity index is 2.21. The second-order valence-electron chi connectivity index (χ2n) is 4.90. The molecule has 0 amide bonds. The zero-order valence-corrected chi connectivity index (χ0v) is 12.0. The quantitative estimate of drug-likeness (QED) is 0.562. The van der Waals surface area contributed by atoms with Crippen LogP contribution in [0.15, 0.2) is 83.9 Å². The molecule has 0 saturated carbocycles. The second kappa shape index (κ2) is 6.14. The van der Waals surface area contributed by atoms with Gasteiger partial charge in [-0.3, -0.25) is 0 Å². The van der Waals surface area contributed by atoms with E-state index >= 15 is 0 Å². The number of nitrogens with two attached hydrogens (primary N) is 1. The first kappa shape index (κ1) is 13.9. The van der Waals surface area contributed by atoms with Crippen LogP contribution in [-0.4, -0.2) is 10.8 Å². The first-order chi connectivity index (χ1) is 10.8. The van der Waals surface area contributed by atoms with Gasteiger partial charge in [0, 0.05) is 11.1 Å². The Morgan fingerprint density at radius 3 is 2.14 bits per heavy atom. The van der Waals surface area contributed by atoms with Crippen molar-refractivity contribution in [2.45, 2.75) is 0 Å². The van der Waals surface area contributed by atoms with Crippen molar-refractivity contribution < 1.29 is 5.11 Å². The molecule has 0 atom stereocenters. The van der Waals surface area contributed by atoms with E-state index in [1.165, 1.54) is 0 Å². The van der Waals surface area contributed by atoms with Crippen LogP contribution in [0, 0.1) is 0 Å². The summed E-state index contributed by atoms with van der Waals surface area (Å²) in [5.41, 5.74) is 9.57. The normalized spacial score (nSPS) is 11.4. The Labute approximate surface area is 129 Å². The molecule has 0 heterocycles. The van der Waals surface area contributed by atoms with Crippen molar-refractivity contribution >= 4 is 17.1 Å². The number of anilines is 1. The minimum absolute atomic E-state index is 0.194. The fourth-order valence-corrected chi connectivity index (χ4v) is 2.26. The van der Waals surface area contributed by atoms with Gasteiger partial charge in [0.1, 0.15) is 5.75 Å². The molecule has 0 fully saturated rings. The first-order valence-corrected chi connectivity index (χ1v) is 7.02. The third kappa shape index (κ3) is 2.83. The maximum absolute atomic E-state index is 10.2. The molecule has 3 aromatic rings. The molecule has 0 aromatic heterocycles. The highest BCUT2D eigenvalue weighted by atomic mass is 16.3. The number of aliphatic imine (C=N–C) groups is 1. The fourth-order valence-electron chi connectivity index (χ4n) is 2.26. The van der Waals surface area contributed by atoms with E-state index in [1.54, 1.807) is 12.1 Å². The molecule has 3 N–H and O–H groups in total. The molecule has 0 bridgehead atoms. The Morgan fingerprint density at radius 1 is 0.773 bits per heavy atom. The van der Waals surface area contributed by atoms with Crippen molar-refractivity contribution in [3.63, 3.8) is 0 Å². The molecule has 3 rings (SSSR count). The molecule has 22 heavy (non-hydrogen) atoms. The summed E-state index contributed by atoms with van der Waals surface area (Å²) in [6.45, 7) is 0. The highest BCUT2D eigenvalue weighted by Crippen LogP contribution is 2.27. The lowest BCUT2D eigenvalue weighted by atomic mass is 10.0. The average Bonchev–Trinajstić information content (AvgIpc) is 2.56. The van der Waals surface area contributed by atoms with Gasteiger partial charge in [-0.15, -0.1) is 0 Å². The topological polar surface area (TPSA) is 58.6 Å². The number of aromatic hydroxyl groups is 1. The Hall–Kier alpha value is -3.07. The van der Waals surface area contributed by atoms with Crippen LogP contribution < -0.4 is 5.73 Å². The summed E-state index contributed by atoms with van der Waals surface area (Å²) >= 11 is 0. The summed E-state index contributed by atoms with van der Waals surface area (Å²) < 4.78 is 0. The summed E-state index contributed by atoms with van der Waals surface area (Å²) in [5.74, 6) is 0.194. The number of benzene rings is 3. The molecule has 0 unspecified atom stereocenters. The van der Waals surface area contributed by atoms with Gasteiger partial charge in [0.05, 0.1) is 17.1 Å². The lowest BCUT2D eigenvalue weighted by Gasteiger charge is -2.10. The summed E-state index contributed by atoms with van der Waals surface area (Å²) in [5, 5.41) is 10.2. The smallest absolute Gasteiger partial charge is 0.124 e. The van der Waals surface area contributed by atoms with Gasteiger partial charge in [0.25, 0.3) is 0 Å². The molecule has 3 nitrogen and oxygen atoms in total. The number of hydrogen-bond donors (Lipinski definition) is 2. The molecule has 108 valence electrons. The van der Waals surface area contributed by atoms with Gasteiger partial charge in [-0.05, 0) is 24.3 Å². The van der Waals surface area contributed by atoms with E-state index in [0.717, 1.165) is 5.56 Å². The minimum Gasteiger partial charge on any atom is -0.507 e. The van der Waals surface area contributed by atoms with Gasteiger partial charge in [-0.1, -0.05) is 54.6 Å². The van der Waals surface area contributed by atoms with Crippen molar-refractivity contribution in [3.05, 3.63) is 90.0 Å². The van der Waals surface area contributed by atoms with E-state index in [2.05, 4.69) is 0 Å². The molecule has 3 heteroatoms. The molecule has 3 aromatic carbocycles. The zero-order chi connectivity index (χ0) is 15.4. The van der Waals surface area contributed by atoms with E-state index in [-0.39, 0.29) is 5.75 Å². The largest absolute Gasteiger partial charge is 0.507 e. The van der Waals surface area contributed by atoms with Crippen LogP contribution in [0.3, 0.4) is 0 Å². The van der Waals surface area contributed by atoms with Crippen LogP contribution in [0.4, 0.5) is 11.4 Å². The summed E-state index contributed by atoms with van der Waals surface area (Å²) in [7, 11) is 0. The lowest BCUT2D eigenvalue weighted by Crippen LogP contribution is -2.03. The number of nitrogen functional groups attached to an aromatic ring is 1. The van der Waals surface area contributed by atoms with Crippen molar-refractivity contribution in [1.29, 1.82) is 0 Å². The maximum Gasteiger partial charge on any atom is 0.124 e. The van der Waals surface area contributed by atoms with Crippen molar-refractivity contribution in [2.24, 2.45) is 4.99 Å². The van der Waals surface area contributed by atoms with E-state index < -0.39 is 0 Å². The van der Waals surface area contributed by atoms with E-state index in [1.807, 2.05) is 66.7 Å². The Bertz CT molecular complexity index is 810. The Kier molecular flexibility index (Phi) is 3.88. The van der Waals surface area contributed by atoms with Crippen LogP contribution in [-0.2, 0) is 0 Å². The lowest BCUT2D eigenvalue weighted by molar-refractivity contribution is 0.474. The third-order valence-electron chi connectivity index (χ3n) is 3.38. The van der Waals surface area contributed by atoms with E-state index in [0.29, 0.717) is 22.6 Å². The average molecular weight is 288 g/mol. The minimum atomic E-state index is 0.194. The van der Waals surface area contributed by atoms with E-state index in [9.17, 15) is 5.11 Å². The van der Waals surface area contributed by atoms with Gasteiger partial charge in [0.2, 0.25) is 0 Å². The highest BCUT2D eigenvalue weighted by Gasteiger charge is 2.11. The summed E-state index contributed by atoms with van der Waals surface area (Å²) in [4.78, 5) is 4.69. The highest BCUT2D eigenvalue weighted by molar-refractivity contribution is 6.15. The molecule has 0 aliphatic heterocycles. The second-order valence-corrected chi connectivity index (χ2v) is 4.90. The molecule has 0 aliphatic rings. The molecule has 0 spiro atoms. The fraction of sp³-hybridized carbons (Fsp3) is 0. The molecule has 0 saturated heterocycles. The van der Waals surface area contributed by atoms with Crippen LogP contribution >= 0.6 is 0 Å². The van der Waals surface area contributed by atoms with Crippen molar-refractivity contribution in [3.8, 4) is 5.75 Å². The predicted octanol–water partition coefficient (Wildman–Crippen LogP) is 4.14.